The number of nitrogens with one attached hydrogen (secondary N) is 1. The van der Waals surface area contributed by atoms with E-state index in [-0.39, 0.29) is 24.9 Å². The second kappa shape index (κ2) is 6.72. The molecule has 2 aliphatic rings. The minimum Gasteiger partial charge on any atom is -0.492 e. The molecule has 2 unspecified atom stereocenters. The highest BCUT2D eigenvalue weighted by atomic mass is 16.5. The molecule has 2 amide bonds. The number of benzene rings is 1. The van der Waals surface area contributed by atoms with Crippen LogP contribution in [0.1, 0.15) is 24.3 Å². The highest BCUT2D eigenvalue weighted by molar-refractivity contribution is 5.99. The number of amides is 2. The first-order chi connectivity index (χ1) is 12.0. The fraction of sp³-hybridized carbons (Fsp3) is 0.368. The standard InChI is InChI=1S/C19H22N2O4/c1-21-17(23)14-10-19(7-8-22,18(20)24)9-13-15(11-25-16(13)14)12-5-3-2-4-6-12/h2-6,10,15,22H,7-9,11H2,1H3,(H2,20,24)(H,21,23). The van der Waals surface area contributed by atoms with Crippen LogP contribution in [-0.4, -0.2) is 37.2 Å². The van der Waals surface area contributed by atoms with Crippen LogP contribution in [0.3, 0.4) is 0 Å². The maximum atomic E-state index is 12.4. The molecule has 3 rings (SSSR count). The first-order valence-corrected chi connectivity index (χ1v) is 8.29. The van der Waals surface area contributed by atoms with Crippen LogP contribution in [-0.2, 0) is 14.3 Å². The number of aliphatic hydroxyl groups is 1. The van der Waals surface area contributed by atoms with Gasteiger partial charge in [-0.25, -0.2) is 0 Å². The number of likely N-dealkylation sites (N-methyl/N-ethyl adjacent to an activating group) is 1. The summed E-state index contributed by atoms with van der Waals surface area (Å²) in [6.07, 6.45) is 2.08. The Kier molecular flexibility index (Phi) is 4.63. The number of primary amides is 1. The van der Waals surface area contributed by atoms with Crippen LogP contribution in [0.25, 0.3) is 0 Å². The van der Waals surface area contributed by atoms with Crippen LogP contribution in [0.5, 0.6) is 0 Å². The molecule has 0 fully saturated rings. The zero-order chi connectivity index (χ0) is 18.0. The molecule has 1 aliphatic heterocycles. The molecule has 0 saturated heterocycles. The maximum Gasteiger partial charge on any atom is 0.254 e. The van der Waals surface area contributed by atoms with Gasteiger partial charge in [-0.3, -0.25) is 9.59 Å². The van der Waals surface area contributed by atoms with Gasteiger partial charge in [-0.2, -0.15) is 0 Å². The predicted octanol–water partition coefficient (Wildman–Crippen LogP) is 0.985. The lowest BCUT2D eigenvalue weighted by Crippen LogP contribution is -2.40. The highest BCUT2D eigenvalue weighted by Gasteiger charge is 2.46. The fourth-order valence-electron chi connectivity index (χ4n) is 3.63. The first-order valence-electron chi connectivity index (χ1n) is 8.29. The third kappa shape index (κ3) is 2.93. The van der Waals surface area contributed by atoms with Crippen molar-refractivity contribution in [1.82, 2.24) is 5.32 Å². The lowest BCUT2D eigenvalue weighted by molar-refractivity contribution is -0.126. The molecule has 6 heteroatoms. The van der Waals surface area contributed by atoms with E-state index in [4.69, 9.17) is 10.5 Å². The summed E-state index contributed by atoms with van der Waals surface area (Å²) >= 11 is 0. The minimum atomic E-state index is -1.09. The van der Waals surface area contributed by atoms with Crippen molar-refractivity contribution >= 4 is 11.8 Å². The normalized spacial score (nSPS) is 25.0. The number of nitrogens with two attached hydrogens (primary N) is 1. The van der Waals surface area contributed by atoms with E-state index in [0.717, 1.165) is 11.1 Å². The number of hydrogen-bond donors (Lipinski definition) is 3. The molecule has 132 valence electrons. The summed E-state index contributed by atoms with van der Waals surface area (Å²) in [6.45, 7) is 0.219. The van der Waals surface area contributed by atoms with Gasteiger partial charge in [0.15, 0.2) is 0 Å². The van der Waals surface area contributed by atoms with Gasteiger partial charge < -0.3 is 20.9 Å². The number of aliphatic hydroxyl groups excluding tert-OH is 1. The smallest absolute Gasteiger partial charge is 0.254 e. The zero-order valence-electron chi connectivity index (χ0n) is 14.1. The summed E-state index contributed by atoms with van der Waals surface area (Å²) < 4.78 is 5.85. The fourth-order valence-corrected chi connectivity index (χ4v) is 3.63. The summed E-state index contributed by atoms with van der Waals surface area (Å²) in [6, 6.07) is 9.83. The van der Waals surface area contributed by atoms with Crippen molar-refractivity contribution in [2.75, 3.05) is 20.3 Å². The first kappa shape index (κ1) is 17.2. The Bertz CT molecular complexity index is 754. The van der Waals surface area contributed by atoms with Gasteiger partial charge in [0.2, 0.25) is 5.91 Å². The SMILES string of the molecule is CNC(=O)C1=CC(CCO)(C(N)=O)CC2=C1OCC2c1ccccc1. The van der Waals surface area contributed by atoms with E-state index in [0.29, 0.717) is 24.4 Å². The third-order valence-corrected chi connectivity index (χ3v) is 5.00. The Morgan fingerprint density at radius 1 is 1.36 bits per heavy atom. The van der Waals surface area contributed by atoms with Crippen LogP contribution in [0.4, 0.5) is 0 Å². The number of rotatable bonds is 5. The number of carbonyl (C=O) groups excluding carboxylic acids is 2. The van der Waals surface area contributed by atoms with Crippen molar-refractivity contribution in [3.05, 3.63) is 58.9 Å². The predicted molar refractivity (Wildman–Crippen MR) is 92.3 cm³/mol. The number of carbonyl (C=O) groups is 2. The van der Waals surface area contributed by atoms with Crippen molar-refractivity contribution in [3.63, 3.8) is 0 Å². The summed E-state index contributed by atoms with van der Waals surface area (Å²) in [7, 11) is 1.53. The van der Waals surface area contributed by atoms with Gasteiger partial charge in [-0.1, -0.05) is 36.4 Å². The van der Waals surface area contributed by atoms with Crippen molar-refractivity contribution in [2.45, 2.75) is 18.8 Å². The monoisotopic (exact) mass is 342 g/mol. The average molecular weight is 342 g/mol. The van der Waals surface area contributed by atoms with Crippen LogP contribution >= 0.6 is 0 Å². The largest absolute Gasteiger partial charge is 0.492 e. The second-order valence-electron chi connectivity index (χ2n) is 6.44. The van der Waals surface area contributed by atoms with E-state index in [1.54, 1.807) is 6.08 Å². The Labute approximate surface area is 146 Å². The van der Waals surface area contributed by atoms with Gasteiger partial charge in [-0.15, -0.1) is 0 Å². The summed E-state index contributed by atoms with van der Waals surface area (Å²) in [4.78, 5) is 24.6. The molecular formula is C19H22N2O4. The van der Waals surface area contributed by atoms with Gasteiger partial charge in [0.1, 0.15) is 5.76 Å². The van der Waals surface area contributed by atoms with Gasteiger partial charge in [0.05, 0.1) is 17.6 Å². The Balaban J connectivity index is 2.10. The van der Waals surface area contributed by atoms with Gasteiger partial charge in [0.25, 0.3) is 5.91 Å². The highest BCUT2D eigenvalue weighted by Crippen LogP contribution is 2.49. The topological polar surface area (TPSA) is 102 Å². The molecule has 1 aliphatic carbocycles. The van der Waals surface area contributed by atoms with Crippen LogP contribution < -0.4 is 11.1 Å². The molecule has 1 aromatic carbocycles. The Hall–Kier alpha value is -2.60. The molecule has 1 heterocycles. The summed E-state index contributed by atoms with van der Waals surface area (Å²) in [5.41, 5.74) is 6.85. The average Bonchev–Trinajstić information content (AvgIpc) is 3.04. The van der Waals surface area contributed by atoms with Crippen molar-refractivity contribution in [3.8, 4) is 0 Å². The lowest BCUT2D eigenvalue weighted by Gasteiger charge is -2.33. The van der Waals surface area contributed by atoms with Crippen LogP contribution in [0.2, 0.25) is 0 Å². The van der Waals surface area contributed by atoms with E-state index in [9.17, 15) is 14.7 Å². The van der Waals surface area contributed by atoms with Crippen molar-refractivity contribution in [1.29, 1.82) is 0 Å². The van der Waals surface area contributed by atoms with E-state index in [1.165, 1.54) is 7.05 Å². The molecule has 0 saturated carbocycles. The lowest BCUT2D eigenvalue weighted by atomic mass is 9.70. The Morgan fingerprint density at radius 3 is 2.68 bits per heavy atom. The summed E-state index contributed by atoms with van der Waals surface area (Å²) in [5.74, 6) is -0.386. The minimum absolute atomic E-state index is 0.0398. The van der Waals surface area contributed by atoms with E-state index >= 15 is 0 Å². The molecule has 0 aromatic heterocycles. The van der Waals surface area contributed by atoms with E-state index in [1.807, 2.05) is 30.3 Å². The molecule has 4 N–H and O–H groups in total. The van der Waals surface area contributed by atoms with E-state index < -0.39 is 11.3 Å². The van der Waals surface area contributed by atoms with Gasteiger partial charge >= 0.3 is 0 Å². The number of hydrogen-bond acceptors (Lipinski definition) is 4. The number of ether oxygens (including phenoxy) is 1. The maximum absolute atomic E-state index is 12.4. The zero-order valence-corrected chi connectivity index (χ0v) is 14.1. The molecule has 0 radical (unpaired) electrons. The Morgan fingerprint density at radius 2 is 2.08 bits per heavy atom. The van der Waals surface area contributed by atoms with Gasteiger partial charge in [-0.05, 0) is 24.0 Å². The quantitative estimate of drug-likeness (QED) is 0.742. The second-order valence-corrected chi connectivity index (χ2v) is 6.44. The molecule has 25 heavy (non-hydrogen) atoms. The van der Waals surface area contributed by atoms with Gasteiger partial charge in [0, 0.05) is 19.6 Å². The molecule has 2 atom stereocenters. The van der Waals surface area contributed by atoms with Crippen molar-refractivity contribution in [2.24, 2.45) is 11.1 Å². The molecule has 0 spiro atoms. The third-order valence-electron chi connectivity index (χ3n) is 5.00. The van der Waals surface area contributed by atoms with E-state index in [2.05, 4.69) is 5.32 Å². The summed E-state index contributed by atoms with van der Waals surface area (Å²) in [5, 5.41) is 12.0. The molecule has 0 bridgehead atoms. The van der Waals surface area contributed by atoms with Crippen LogP contribution in [0, 0.1) is 5.41 Å². The van der Waals surface area contributed by atoms with Crippen molar-refractivity contribution < 1.29 is 19.4 Å². The molecule has 6 nitrogen and oxygen atoms in total. The molecular weight excluding hydrogens is 320 g/mol. The molecule has 1 aromatic rings. The van der Waals surface area contributed by atoms with Crippen LogP contribution in [0.15, 0.2) is 53.3 Å².